The van der Waals surface area contributed by atoms with E-state index in [2.05, 4.69) is 13.8 Å². The van der Waals surface area contributed by atoms with Gasteiger partial charge in [0.25, 0.3) is 0 Å². The molecule has 2 N–H and O–H groups in total. The van der Waals surface area contributed by atoms with Crippen molar-refractivity contribution in [1.29, 1.82) is 0 Å². The van der Waals surface area contributed by atoms with E-state index < -0.39 is 0 Å². The molecule has 0 radical (unpaired) electrons. The highest BCUT2D eigenvalue weighted by molar-refractivity contribution is 4.99. The monoisotopic (exact) mass is 283 g/mol. The Kier molecular flexibility index (Phi) is 5.49. The van der Waals surface area contributed by atoms with Crippen molar-refractivity contribution in [3.63, 3.8) is 0 Å². The van der Waals surface area contributed by atoms with Crippen LogP contribution in [0.3, 0.4) is 0 Å². The largest absolute Gasteiger partial charge is 0.377 e. The molecular weight excluding hydrogens is 250 g/mol. The molecule has 2 unspecified atom stereocenters. The molecule has 2 atom stereocenters. The first kappa shape index (κ1) is 16.3. The van der Waals surface area contributed by atoms with Crippen LogP contribution in [0.4, 0.5) is 0 Å². The molecule has 1 aliphatic carbocycles. The van der Waals surface area contributed by atoms with Crippen molar-refractivity contribution in [1.82, 2.24) is 0 Å². The second-order valence-corrected chi connectivity index (χ2v) is 6.85. The second kappa shape index (κ2) is 6.76. The van der Waals surface area contributed by atoms with Crippen LogP contribution >= 0.6 is 0 Å². The van der Waals surface area contributed by atoms with Gasteiger partial charge in [-0.1, -0.05) is 33.1 Å². The first-order valence-electron chi connectivity index (χ1n) is 8.56. The Labute approximate surface area is 124 Å². The van der Waals surface area contributed by atoms with E-state index in [-0.39, 0.29) is 17.2 Å². The van der Waals surface area contributed by atoms with Gasteiger partial charge >= 0.3 is 0 Å². The summed E-state index contributed by atoms with van der Waals surface area (Å²) in [5.74, 6) is 0.543. The number of nitrogens with two attached hydrogens (primary N) is 1. The summed E-state index contributed by atoms with van der Waals surface area (Å²) in [6, 6.07) is 0.130. The zero-order valence-electron chi connectivity index (χ0n) is 13.6. The highest BCUT2D eigenvalue weighted by atomic mass is 16.5. The van der Waals surface area contributed by atoms with Crippen LogP contribution in [-0.4, -0.2) is 31.0 Å². The van der Waals surface area contributed by atoms with Crippen LogP contribution < -0.4 is 5.73 Å². The average Bonchev–Trinajstić information content (AvgIpc) is 2.50. The molecule has 0 aromatic carbocycles. The lowest BCUT2D eigenvalue weighted by atomic mass is 9.70. The summed E-state index contributed by atoms with van der Waals surface area (Å²) < 4.78 is 12.1. The van der Waals surface area contributed by atoms with Crippen molar-refractivity contribution in [2.45, 2.75) is 88.9 Å². The summed E-state index contributed by atoms with van der Waals surface area (Å²) in [4.78, 5) is 0. The van der Waals surface area contributed by atoms with Crippen molar-refractivity contribution >= 4 is 0 Å². The molecule has 1 aliphatic heterocycles. The normalized spacial score (nSPS) is 28.5. The molecule has 3 nitrogen and oxygen atoms in total. The van der Waals surface area contributed by atoms with Gasteiger partial charge in [-0.05, 0) is 44.4 Å². The van der Waals surface area contributed by atoms with Gasteiger partial charge in [0.1, 0.15) is 0 Å². The summed E-state index contributed by atoms with van der Waals surface area (Å²) in [6.45, 7) is 5.27. The Hall–Kier alpha value is -0.120. The van der Waals surface area contributed by atoms with E-state index in [1.54, 1.807) is 0 Å². The van der Waals surface area contributed by atoms with Crippen LogP contribution in [0.15, 0.2) is 0 Å². The Morgan fingerprint density at radius 2 is 1.90 bits per heavy atom. The zero-order valence-corrected chi connectivity index (χ0v) is 13.6. The van der Waals surface area contributed by atoms with Crippen LogP contribution in [0.5, 0.6) is 0 Å². The lowest BCUT2D eigenvalue weighted by molar-refractivity contribution is -0.137. The number of hydrogen-bond donors (Lipinski definition) is 1. The summed E-state index contributed by atoms with van der Waals surface area (Å²) in [5, 5.41) is 0. The maximum Gasteiger partial charge on any atom is 0.0826 e. The van der Waals surface area contributed by atoms with E-state index in [0.717, 1.165) is 32.3 Å². The van der Waals surface area contributed by atoms with Gasteiger partial charge in [0.15, 0.2) is 0 Å². The number of rotatable bonds is 5. The number of ether oxygens (including phenoxy) is 2. The van der Waals surface area contributed by atoms with Crippen LogP contribution in [0, 0.1) is 5.92 Å². The number of hydrogen-bond acceptors (Lipinski definition) is 3. The van der Waals surface area contributed by atoms with Crippen LogP contribution in [0.1, 0.15) is 71.6 Å². The molecule has 0 aromatic heterocycles. The fourth-order valence-electron chi connectivity index (χ4n) is 4.49. The molecule has 2 aliphatic rings. The minimum Gasteiger partial charge on any atom is -0.377 e. The Morgan fingerprint density at radius 1 is 1.25 bits per heavy atom. The molecule has 2 fully saturated rings. The molecule has 20 heavy (non-hydrogen) atoms. The van der Waals surface area contributed by atoms with Gasteiger partial charge in [0.05, 0.1) is 11.2 Å². The van der Waals surface area contributed by atoms with Crippen molar-refractivity contribution in [3.05, 3.63) is 0 Å². The van der Waals surface area contributed by atoms with Gasteiger partial charge in [0.2, 0.25) is 0 Å². The molecule has 1 saturated carbocycles. The average molecular weight is 283 g/mol. The van der Waals surface area contributed by atoms with E-state index in [1.165, 1.54) is 32.1 Å². The predicted octanol–water partition coefficient (Wildman–Crippen LogP) is 3.65. The molecule has 0 bridgehead atoms. The maximum atomic E-state index is 6.67. The second-order valence-electron chi connectivity index (χ2n) is 6.85. The van der Waals surface area contributed by atoms with Gasteiger partial charge in [-0.15, -0.1) is 0 Å². The van der Waals surface area contributed by atoms with E-state index in [0.29, 0.717) is 5.92 Å². The molecule has 1 heterocycles. The predicted molar refractivity (Wildman–Crippen MR) is 82.8 cm³/mol. The molecule has 3 heteroatoms. The number of methoxy groups -OCH3 is 1. The molecule has 0 aromatic rings. The quantitative estimate of drug-likeness (QED) is 0.837. The van der Waals surface area contributed by atoms with Gasteiger partial charge in [0, 0.05) is 19.8 Å². The van der Waals surface area contributed by atoms with Crippen molar-refractivity contribution in [3.8, 4) is 0 Å². The third-order valence-corrected chi connectivity index (χ3v) is 6.01. The Morgan fingerprint density at radius 3 is 2.45 bits per heavy atom. The SMILES string of the molecule is CCC(CC)(OC)C(N)C1CCOC2(CCCCC2)C1. The highest BCUT2D eigenvalue weighted by Crippen LogP contribution is 2.43. The summed E-state index contributed by atoms with van der Waals surface area (Å²) >= 11 is 0. The topological polar surface area (TPSA) is 44.5 Å². The van der Waals surface area contributed by atoms with Gasteiger partial charge in [-0.25, -0.2) is 0 Å². The first-order valence-corrected chi connectivity index (χ1v) is 8.56. The third-order valence-electron chi connectivity index (χ3n) is 6.01. The van der Waals surface area contributed by atoms with E-state index in [1.807, 2.05) is 7.11 Å². The zero-order chi connectivity index (χ0) is 14.6. The summed E-state index contributed by atoms with van der Waals surface area (Å²) in [5.41, 5.74) is 6.65. The summed E-state index contributed by atoms with van der Waals surface area (Å²) in [6.07, 6.45) is 10.7. The fourth-order valence-corrected chi connectivity index (χ4v) is 4.49. The van der Waals surface area contributed by atoms with Crippen LogP contribution in [0.2, 0.25) is 0 Å². The molecule has 0 amide bonds. The first-order chi connectivity index (χ1) is 9.61. The van der Waals surface area contributed by atoms with E-state index >= 15 is 0 Å². The van der Waals surface area contributed by atoms with Gasteiger partial charge < -0.3 is 15.2 Å². The molecule has 118 valence electrons. The smallest absolute Gasteiger partial charge is 0.0826 e. The molecular formula is C17H33NO2. The van der Waals surface area contributed by atoms with Crippen LogP contribution in [0.25, 0.3) is 0 Å². The lowest BCUT2D eigenvalue weighted by Gasteiger charge is -2.48. The lowest BCUT2D eigenvalue weighted by Crippen LogP contribution is -2.56. The van der Waals surface area contributed by atoms with Gasteiger partial charge in [-0.2, -0.15) is 0 Å². The Bertz CT molecular complexity index is 282. The van der Waals surface area contributed by atoms with E-state index in [9.17, 15) is 0 Å². The van der Waals surface area contributed by atoms with Crippen molar-refractivity contribution in [2.75, 3.05) is 13.7 Å². The van der Waals surface area contributed by atoms with Gasteiger partial charge in [-0.3, -0.25) is 0 Å². The minimum atomic E-state index is -0.155. The van der Waals surface area contributed by atoms with Crippen LogP contribution in [-0.2, 0) is 9.47 Å². The molecule has 1 spiro atoms. The molecule has 2 rings (SSSR count). The van der Waals surface area contributed by atoms with Crippen molar-refractivity contribution in [2.24, 2.45) is 11.7 Å². The molecule has 1 saturated heterocycles. The Balaban J connectivity index is 2.07. The third kappa shape index (κ3) is 3.05. The fraction of sp³-hybridized carbons (Fsp3) is 1.00. The van der Waals surface area contributed by atoms with Crippen molar-refractivity contribution < 1.29 is 9.47 Å². The highest BCUT2D eigenvalue weighted by Gasteiger charge is 2.45. The summed E-state index contributed by atoms with van der Waals surface area (Å²) in [7, 11) is 1.82. The minimum absolute atomic E-state index is 0.130. The maximum absolute atomic E-state index is 6.67. The van der Waals surface area contributed by atoms with E-state index in [4.69, 9.17) is 15.2 Å². The standard InChI is InChI=1S/C17H33NO2/c1-4-17(5-2,19-3)15(18)14-9-12-20-16(13-14)10-7-6-8-11-16/h14-15H,4-13,18H2,1-3H3.